The lowest BCUT2D eigenvalue weighted by Crippen LogP contribution is -2.60. The SMILES string of the molecule is CC[C@H]1C(=O)C2C3CCC([C@H](C)CO)[C@@]3(C)CCC2[C@@]2(C)CC[C@@H](O)C[C@@H]12. The lowest BCUT2D eigenvalue weighted by atomic mass is 9.42. The lowest BCUT2D eigenvalue weighted by Gasteiger charge is -2.62. The zero-order valence-electron chi connectivity index (χ0n) is 17.8. The van der Waals surface area contributed by atoms with Crippen LogP contribution in [0.2, 0.25) is 0 Å². The first-order valence-electron chi connectivity index (χ1n) is 11.6. The third kappa shape index (κ3) is 2.70. The highest BCUT2D eigenvalue weighted by Gasteiger charge is 2.64. The predicted molar refractivity (Wildman–Crippen MR) is 107 cm³/mol. The molecule has 0 aliphatic heterocycles. The Morgan fingerprint density at radius 2 is 1.70 bits per heavy atom. The van der Waals surface area contributed by atoms with Crippen molar-refractivity contribution in [3.8, 4) is 0 Å². The summed E-state index contributed by atoms with van der Waals surface area (Å²) in [4.78, 5) is 13.8. The number of carbonyl (C=O) groups excluding carboxylic acids is 1. The van der Waals surface area contributed by atoms with Gasteiger partial charge in [-0.15, -0.1) is 0 Å². The van der Waals surface area contributed by atoms with Crippen molar-refractivity contribution in [3.63, 3.8) is 0 Å². The van der Waals surface area contributed by atoms with Crippen molar-refractivity contribution < 1.29 is 15.0 Å². The third-order valence-electron chi connectivity index (χ3n) is 10.2. The maximum atomic E-state index is 13.8. The van der Waals surface area contributed by atoms with Gasteiger partial charge in [-0.25, -0.2) is 0 Å². The summed E-state index contributed by atoms with van der Waals surface area (Å²) >= 11 is 0. The Hall–Kier alpha value is -0.410. The van der Waals surface area contributed by atoms with Gasteiger partial charge in [0.05, 0.1) is 6.10 Å². The summed E-state index contributed by atoms with van der Waals surface area (Å²) in [6.45, 7) is 9.54. The minimum absolute atomic E-state index is 0.142. The number of Topliss-reactive ketones (excluding diaryl/α,β-unsaturated/α-hetero) is 1. The first-order valence-corrected chi connectivity index (χ1v) is 11.6. The van der Waals surface area contributed by atoms with Gasteiger partial charge >= 0.3 is 0 Å². The Bertz CT molecular complexity index is 588. The summed E-state index contributed by atoms with van der Waals surface area (Å²) in [5, 5.41) is 20.1. The molecular weight excluding hydrogens is 336 g/mol. The van der Waals surface area contributed by atoms with Crippen molar-refractivity contribution in [2.75, 3.05) is 6.61 Å². The number of hydrogen-bond donors (Lipinski definition) is 2. The van der Waals surface area contributed by atoms with Crippen LogP contribution < -0.4 is 0 Å². The highest BCUT2D eigenvalue weighted by molar-refractivity contribution is 5.86. The third-order valence-corrected chi connectivity index (χ3v) is 10.2. The quantitative estimate of drug-likeness (QED) is 0.765. The molecule has 27 heavy (non-hydrogen) atoms. The van der Waals surface area contributed by atoms with E-state index in [9.17, 15) is 15.0 Å². The number of hydrogen-bond acceptors (Lipinski definition) is 3. The zero-order valence-corrected chi connectivity index (χ0v) is 17.8. The minimum atomic E-state index is -0.211. The van der Waals surface area contributed by atoms with Crippen molar-refractivity contribution in [2.24, 2.45) is 52.3 Å². The first kappa shape index (κ1) is 19.9. The summed E-state index contributed by atoms with van der Waals surface area (Å²) in [5.41, 5.74) is 0.440. The van der Waals surface area contributed by atoms with E-state index in [1.807, 2.05) is 0 Å². The minimum Gasteiger partial charge on any atom is -0.396 e. The molecule has 0 aromatic rings. The predicted octanol–water partition coefficient (Wildman–Crippen LogP) is 4.45. The topological polar surface area (TPSA) is 57.5 Å². The molecule has 4 aliphatic rings. The molecule has 4 rings (SSSR count). The summed E-state index contributed by atoms with van der Waals surface area (Å²) in [5.74, 6) is 3.17. The van der Waals surface area contributed by atoms with Gasteiger partial charge in [-0.2, -0.15) is 0 Å². The van der Waals surface area contributed by atoms with Crippen LogP contribution in [-0.2, 0) is 4.79 Å². The Balaban J connectivity index is 1.70. The van der Waals surface area contributed by atoms with Gasteiger partial charge in [-0.05, 0) is 91.8 Å². The van der Waals surface area contributed by atoms with Gasteiger partial charge in [-0.1, -0.05) is 27.7 Å². The molecule has 154 valence electrons. The number of aliphatic hydroxyl groups is 2. The van der Waals surface area contributed by atoms with E-state index in [4.69, 9.17) is 0 Å². The summed E-state index contributed by atoms with van der Waals surface area (Å²) < 4.78 is 0. The van der Waals surface area contributed by atoms with E-state index in [0.717, 1.165) is 38.5 Å². The van der Waals surface area contributed by atoms with Crippen LogP contribution in [0.5, 0.6) is 0 Å². The normalized spacial score (nSPS) is 53.4. The monoisotopic (exact) mass is 376 g/mol. The fourth-order valence-electron chi connectivity index (χ4n) is 8.74. The van der Waals surface area contributed by atoms with Crippen molar-refractivity contribution in [2.45, 2.75) is 85.2 Å². The van der Waals surface area contributed by atoms with Crippen LogP contribution in [0.1, 0.15) is 79.1 Å². The molecule has 4 fully saturated rings. The Kier molecular flexibility index (Phi) is 5.03. The van der Waals surface area contributed by atoms with Crippen LogP contribution in [0.15, 0.2) is 0 Å². The van der Waals surface area contributed by atoms with Gasteiger partial charge < -0.3 is 10.2 Å². The van der Waals surface area contributed by atoms with Crippen LogP contribution in [0.25, 0.3) is 0 Å². The van der Waals surface area contributed by atoms with Crippen molar-refractivity contribution in [1.29, 1.82) is 0 Å². The van der Waals surface area contributed by atoms with Crippen molar-refractivity contribution >= 4 is 5.78 Å². The maximum absolute atomic E-state index is 13.8. The number of aliphatic hydroxyl groups excluding tert-OH is 2. The molecule has 0 heterocycles. The van der Waals surface area contributed by atoms with Crippen molar-refractivity contribution in [3.05, 3.63) is 0 Å². The van der Waals surface area contributed by atoms with Gasteiger partial charge in [0.1, 0.15) is 5.78 Å². The molecule has 0 aromatic carbocycles. The molecule has 0 saturated heterocycles. The molecule has 4 aliphatic carbocycles. The van der Waals surface area contributed by atoms with Crippen LogP contribution in [0.3, 0.4) is 0 Å². The fourth-order valence-corrected chi connectivity index (χ4v) is 8.74. The molecular formula is C24H40O3. The highest BCUT2D eigenvalue weighted by atomic mass is 16.3. The smallest absolute Gasteiger partial charge is 0.139 e. The van der Waals surface area contributed by atoms with E-state index in [1.54, 1.807) is 0 Å². The molecule has 0 bridgehead atoms. The first-order chi connectivity index (χ1) is 12.8. The average molecular weight is 377 g/mol. The Morgan fingerprint density at radius 1 is 1.04 bits per heavy atom. The van der Waals surface area contributed by atoms with E-state index in [2.05, 4.69) is 27.7 Å². The largest absolute Gasteiger partial charge is 0.396 e. The molecule has 0 radical (unpaired) electrons. The second kappa shape index (κ2) is 6.83. The average Bonchev–Trinajstić information content (AvgIpc) is 3.00. The summed E-state index contributed by atoms with van der Waals surface area (Å²) in [6.07, 6.45) is 8.26. The van der Waals surface area contributed by atoms with E-state index in [1.165, 1.54) is 12.8 Å². The lowest BCUT2D eigenvalue weighted by molar-refractivity contribution is -0.173. The number of ketones is 1. The van der Waals surface area contributed by atoms with Gasteiger partial charge in [0.15, 0.2) is 0 Å². The number of fused-ring (bicyclic) bond motifs is 5. The molecule has 0 spiro atoms. The van der Waals surface area contributed by atoms with E-state index < -0.39 is 0 Å². The van der Waals surface area contributed by atoms with E-state index in [0.29, 0.717) is 35.4 Å². The molecule has 3 nitrogen and oxygen atoms in total. The highest BCUT2D eigenvalue weighted by Crippen LogP contribution is 2.68. The van der Waals surface area contributed by atoms with E-state index >= 15 is 0 Å². The zero-order chi connectivity index (χ0) is 19.6. The number of carbonyl (C=O) groups is 1. The van der Waals surface area contributed by atoms with Crippen LogP contribution in [-0.4, -0.2) is 28.7 Å². The van der Waals surface area contributed by atoms with Gasteiger partial charge in [0.2, 0.25) is 0 Å². The Morgan fingerprint density at radius 3 is 2.37 bits per heavy atom. The summed E-state index contributed by atoms with van der Waals surface area (Å²) in [7, 11) is 0. The standard InChI is InChI=1S/C24H40O3/c1-5-16-20-12-15(26)8-10-24(20,4)19-9-11-23(3)17(14(2)13-25)6-7-18(23)21(19)22(16)27/h14-21,25-26H,5-13H2,1-4H3/t14-,15-,16-,17?,18?,19?,20+,21?,23-,24-/m1/s1. The second-order valence-corrected chi connectivity index (χ2v) is 11.1. The molecule has 3 heteroatoms. The van der Waals surface area contributed by atoms with Gasteiger partial charge in [-0.3, -0.25) is 4.79 Å². The summed E-state index contributed by atoms with van der Waals surface area (Å²) in [6, 6.07) is 0. The Labute approximate surface area is 165 Å². The van der Waals surface area contributed by atoms with Crippen LogP contribution >= 0.6 is 0 Å². The van der Waals surface area contributed by atoms with E-state index in [-0.39, 0.29) is 35.4 Å². The van der Waals surface area contributed by atoms with Crippen LogP contribution in [0.4, 0.5) is 0 Å². The molecule has 10 atom stereocenters. The molecule has 4 saturated carbocycles. The molecule has 0 amide bonds. The maximum Gasteiger partial charge on any atom is 0.139 e. The molecule has 2 N–H and O–H groups in total. The fraction of sp³-hybridized carbons (Fsp3) is 0.958. The second-order valence-electron chi connectivity index (χ2n) is 11.1. The van der Waals surface area contributed by atoms with Gasteiger partial charge in [0, 0.05) is 18.4 Å². The molecule has 0 aromatic heterocycles. The van der Waals surface area contributed by atoms with Gasteiger partial charge in [0.25, 0.3) is 0 Å². The number of rotatable bonds is 3. The van der Waals surface area contributed by atoms with Crippen molar-refractivity contribution in [1.82, 2.24) is 0 Å². The van der Waals surface area contributed by atoms with Crippen LogP contribution in [0, 0.1) is 52.3 Å². The molecule has 4 unspecified atom stereocenters.